The number of hydrogen-bond donors (Lipinski definition) is 0. The van der Waals surface area contributed by atoms with Gasteiger partial charge in [-0.1, -0.05) is 48.0 Å². The minimum atomic E-state index is -0.492. The molecule has 1 aliphatic carbocycles. The van der Waals surface area contributed by atoms with Crippen molar-refractivity contribution in [1.29, 1.82) is 0 Å². The molecule has 134 valence electrons. The van der Waals surface area contributed by atoms with Gasteiger partial charge in [-0.3, -0.25) is 19.1 Å². The number of nitrogens with zero attached hydrogens (tertiary/aromatic N) is 2. The van der Waals surface area contributed by atoms with Gasteiger partial charge >= 0.3 is 0 Å². The summed E-state index contributed by atoms with van der Waals surface area (Å²) in [6, 6.07) is 16.9. The minimum Gasteiger partial charge on any atom is -0.288 e. The predicted molar refractivity (Wildman–Crippen MR) is 106 cm³/mol. The molecule has 3 aromatic rings. The fourth-order valence-corrected chi connectivity index (χ4v) is 3.62. The molecule has 0 amide bonds. The van der Waals surface area contributed by atoms with Crippen LogP contribution in [-0.2, 0) is 6.54 Å². The summed E-state index contributed by atoms with van der Waals surface area (Å²) in [7, 11) is 0. The van der Waals surface area contributed by atoms with E-state index in [9.17, 15) is 14.4 Å². The number of Topliss-reactive ketones (excluding diaryl/α,β-unsaturated/α-hetero) is 1. The van der Waals surface area contributed by atoms with Crippen LogP contribution in [0.3, 0.4) is 0 Å². The molecular formula is C21H15BrN2O3. The molecule has 0 fully saturated rings. The van der Waals surface area contributed by atoms with Crippen LogP contribution in [0, 0.1) is 6.92 Å². The average molecular weight is 423 g/mol. The van der Waals surface area contributed by atoms with Gasteiger partial charge in [0.05, 0.1) is 16.7 Å². The van der Waals surface area contributed by atoms with Crippen LogP contribution in [0.1, 0.15) is 32.0 Å². The fraction of sp³-hybridized carbons (Fsp3) is 0.0952. The van der Waals surface area contributed by atoms with E-state index < -0.39 is 11.3 Å². The van der Waals surface area contributed by atoms with E-state index in [-0.39, 0.29) is 21.5 Å². The number of benzene rings is 2. The lowest BCUT2D eigenvalue weighted by Gasteiger charge is -2.15. The maximum Gasteiger partial charge on any atom is 0.283 e. The number of allylic oxidation sites excluding steroid dienone is 2. The Morgan fingerprint density at radius 1 is 0.926 bits per heavy atom. The summed E-state index contributed by atoms with van der Waals surface area (Å²) in [6.45, 7) is 2.25. The number of ketones is 2. The van der Waals surface area contributed by atoms with Crippen LogP contribution in [0.25, 0.3) is 5.69 Å². The molecule has 0 unspecified atom stereocenters. The number of halogens is 1. The van der Waals surface area contributed by atoms with Crippen LogP contribution in [-0.4, -0.2) is 20.9 Å². The summed E-state index contributed by atoms with van der Waals surface area (Å²) in [5, 5.41) is 0. The molecule has 1 aromatic heterocycles. The third kappa shape index (κ3) is 2.92. The standard InChI is InChI=1S/C21H15BrN2O3/c1-13-7-9-15(10-8-13)24-21(27)18-19(17(25)11-16(22)20(18)26)23(24)12-14-5-3-2-4-6-14/h2-11H,12H2,1H3. The van der Waals surface area contributed by atoms with Crippen molar-refractivity contribution in [3.8, 4) is 5.69 Å². The summed E-state index contributed by atoms with van der Waals surface area (Å²) in [5.74, 6) is -0.836. The Balaban J connectivity index is 2.01. The minimum absolute atomic E-state index is 0.0918. The quantitative estimate of drug-likeness (QED) is 0.646. The van der Waals surface area contributed by atoms with Gasteiger partial charge in [0.25, 0.3) is 5.56 Å². The van der Waals surface area contributed by atoms with Gasteiger partial charge < -0.3 is 0 Å². The number of aryl methyl sites for hydroxylation is 1. The zero-order chi connectivity index (χ0) is 19.1. The van der Waals surface area contributed by atoms with E-state index >= 15 is 0 Å². The van der Waals surface area contributed by atoms with Gasteiger partial charge in [0.15, 0.2) is 0 Å². The molecule has 0 aliphatic heterocycles. The molecule has 1 aliphatic rings. The number of carbonyl (C=O) groups excluding carboxylic acids is 2. The summed E-state index contributed by atoms with van der Waals surface area (Å²) >= 11 is 3.10. The third-order valence-electron chi connectivity index (χ3n) is 4.53. The lowest BCUT2D eigenvalue weighted by atomic mass is 10.0. The van der Waals surface area contributed by atoms with Crippen LogP contribution in [0.5, 0.6) is 0 Å². The van der Waals surface area contributed by atoms with E-state index in [1.807, 2.05) is 49.4 Å². The molecule has 0 atom stereocenters. The maximum atomic E-state index is 13.1. The Kier molecular flexibility index (Phi) is 4.28. The molecule has 27 heavy (non-hydrogen) atoms. The Bertz CT molecular complexity index is 1150. The molecular weight excluding hydrogens is 408 g/mol. The first-order valence-corrected chi connectivity index (χ1v) is 9.19. The van der Waals surface area contributed by atoms with Gasteiger partial charge in [0.1, 0.15) is 11.3 Å². The normalized spacial score (nSPS) is 13.5. The van der Waals surface area contributed by atoms with Crippen LogP contribution in [0.4, 0.5) is 0 Å². The highest BCUT2D eigenvalue weighted by molar-refractivity contribution is 9.12. The molecule has 0 N–H and O–H groups in total. The molecule has 0 bridgehead atoms. The Labute approximate surface area is 163 Å². The van der Waals surface area contributed by atoms with Crippen molar-refractivity contribution in [2.24, 2.45) is 0 Å². The molecule has 0 spiro atoms. The lowest BCUT2D eigenvalue weighted by Crippen LogP contribution is -2.24. The number of fused-ring (bicyclic) bond motifs is 1. The second kappa shape index (κ2) is 6.63. The molecule has 1 heterocycles. The number of rotatable bonds is 3. The monoisotopic (exact) mass is 422 g/mol. The summed E-state index contributed by atoms with van der Waals surface area (Å²) < 4.78 is 3.10. The van der Waals surface area contributed by atoms with E-state index in [0.717, 1.165) is 11.1 Å². The molecule has 0 saturated heterocycles. The lowest BCUT2D eigenvalue weighted by molar-refractivity contribution is 0.0985. The highest BCUT2D eigenvalue weighted by Gasteiger charge is 2.34. The van der Waals surface area contributed by atoms with Gasteiger partial charge in [-0.25, -0.2) is 4.68 Å². The fourth-order valence-electron chi connectivity index (χ4n) is 3.22. The predicted octanol–water partition coefficient (Wildman–Crippen LogP) is 3.65. The Morgan fingerprint density at radius 3 is 2.26 bits per heavy atom. The Morgan fingerprint density at radius 2 is 1.59 bits per heavy atom. The first-order chi connectivity index (χ1) is 13.0. The van der Waals surface area contributed by atoms with Crippen LogP contribution in [0.15, 0.2) is 70.0 Å². The number of hydrogen-bond acceptors (Lipinski definition) is 3. The molecule has 5 nitrogen and oxygen atoms in total. The van der Waals surface area contributed by atoms with Gasteiger partial charge in [-0.2, -0.15) is 0 Å². The van der Waals surface area contributed by atoms with Crippen molar-refractivity contribution < 1.29 is 9.59 Å². The topological polar surface area (TPSA) is 61.1 Å². The van der Waals surface area contributed by atoms with E-state index in [4.69, 9.17) is 0 Å². The van der Waals surface area contributed by atoms with Gasteiger partial charge in [-0.15, -0.1) is 0 Å². The number of aromatic nitrogens is 2. The highest BCUT2D eigenvalue weighted by atomic mass is 79.9. The molecule has 4 rings (SSSR count). The van der Waals surface area contributed by atoms with E-state index in [2.05, 4.69) is 15.9 Å². The van der Waals surface area contributed by atoms with Crippen molar-refractivity contribution in [3.63, 3.8) is 0 Å². The van der Waals surface area contributed by atoms with E-state index in [0.29, 0.717) is 12.2 Å². The highest BCUT2D eigenvalue weighted by Crippen LogP contribution is 2.25. The average Bonchev–Trinajstić information content (AvgIpc) is 2.94. The molecule has 2 aromatic carbocycles. The van der Waals surface area contributed by atoms with Gasteiger partial charge in [-0.05, 0) is 40.5 Å². The zero-order valence-corrected chi connectivity index (χ0v) is 16.1. The van der Waals surface area contributed by atoms with E-state index in [1.54, 1.807) is 16.8 Å². The Hall–Kier alpha value is -2.99. The number of carbonyl (C=O) groups is 2. The van der Waals surface area contributed by atoms with Crippen molar-refractivity contribution in [2.45, 2.75) is 13.5 Å². The zero-order valence-electron chi connectivity index (χ0n) is 14.5. The van der Waals surface area contributed by atoms with Crippen molar-refractivity contribution in [1.82, 2.24) is 9.36 Å². The van der Waals surface area contributed by atoms with Crippen LogP contribution in [0.2, 0.25) is 0 Å². The van der Waals surface area contributed by atoms with Crippen LogP contribution >= 0.6 is 15.9 Å². The summed E-state index contributed by atoms with van der Waals surface area (Å²) in [5.41, 5.74) is 2.11. The summed E-state index contributed by atoms with van der Waals surface area (Å²) in [4.78, 5) is 38.4. The van der Waals surface area contributed by atoms with Gasteiger partial charge in [0, 0.05) is 6.08 Å². The van der Waals surface area contributed by atoms with Crippen LogP contribution < -0.4 is 5.56 Å². The molecule has 6 heteroatoms. The second-order valence-electron chi connectivity index (χ2n) is 6.41. The summed E-state index contributed by atoms with van der Waals surface area (Å²) in [6.07, 6.45) is 1.23. The van der Waals surface area contributed by atoms with Crippen molar-refractivity contribution in [2.75, 3.05) is 0 Å². The second-order valence-corrected chi connectivity index (χ2v) is 7.26. The maximum absolute atomic E-state index is 13.1. The molecule has 0 radical (unpaired) electrons. The SMILES string of the molecule is Cc1ccc(-n2c(=O)c3c(n2Cc2ccccc2)C(=O)C=C(Br)C3=O)cc1. The molecule has 0 saturated carbocycles. The first-order valence-electron chi connectivity index (χ1n) is 8.40. The van der Waals surface area contributed by atoms with Gasteiger partial charge in [0.2, 0.25) is 11.6 Å². The third-order valence-corrected chi connectivity index (χ3v) is 5.12. The first kappa shape index (κ1) is 17.4. The van der Waals surface area contributed by atoms with Crippen molar-refractivity contribution in [3.05, 3.63) is 97.9 Å². The smallest absolute Gasteiger partial charge is 0.283 e. The van der Waals surface area contributed by atoms with E-state index in [1.165, 1.54) is 10.8 Å². The van der Waals surface area contributed by atoms with Crippen molar-refractivity contribution >= 4 is 27.5 Å². The largest absolute Gasteiger partial charge is 0.288 e.